The maximum absolute atomic E-state index is 13.0. The van der Waals surface area contributed by atoms with E-state index in [9.17, 15) is 22.8 Å². The van der Waals surface area contributed by atoms with E-state index in [0.29, 0.717) is 12.3 Å². The van der Waals surface area contributed by atoms with Crippen LogP contribution in [-0.2, 0) is 24.1 Å². The summed E-state index contributed by atoms with van der Waals surface area (Å²) in [6, 6.07) is 13.0. The average molecular weight is 431 g/mol. The molecule has 31 heavy (non-hydrogen) atoms. The molecule has 1 N–H and O–H groups in total. The Hall–Kier alpha value is -3.46. The van der Waals surface area contributed by atoms with Crippen LogP contribution in [0.2, 0.25) is 0 Å². The molecule has 0 unspecified atom stereocenters. The number of alkyl halides is 3. The number of carbonyl (C=O) groups excluding carboxylic acids is 1. The topological polar surface area (TPSA) is 73.2 Å². The van der Waals surface area contributed by atoms with Crippen LogP contribution in [0.3, 0.4) is 0 Å². The minimum Gasteiger partial charge on any atom is -0.380 e. The molecule has 1 heterocycles. The highest BCUT2D eigenvalue weighted by molar-refractivity contribution is 5.92. The summed E-state index contributed by atoms with van der Waals surface area (Å²) in [7, 11) is 1.58. The second-order valence-electron chi connectivity index (χ2n) is 6.89. The zero-order valence-electron chi connectivity index (χ0n) is 16.9. The van der Waals surface area contributed by atoms with Crippen LogP contribution < -0.4 is 10.7 Å². The van der Waals surface area contributed by atoms with E-state index in [1.54, 1.807) is 7.11 Å². The van der Waals surface area contributed by atoms with Gasteiger partial charge in [-0.15, -0.1) is 0 Å². The van der Waals surface area contributed by atoms with E-state index >= 15 is 0 Å². The highest BCUT2D eigenvalue weighted by atomic mass is 19.4. The molecule has 1 aromatic heterocycles. The fraction of sp³-hybridized carbons (Fsp3) is 0.227. The van der Waals surface area contributed by atoms with Crippen molar-refractivity contribution in [3.63, 3.8) is 0 Å². The molecule has 0 spiro atoms. The summed E-state index contributed by atoms with van der Waals surface area (Å²) >= 11 is 0. The number of rotatable bonds is 6. The first-order valence-corrected chi connectivity index (χ1v) is 9.32. The van der Waals surface area contributed by atoms with E-state index in [2.05, 4.69) is 10.4 Å². The second-order valence-corrected chi connectivity index (χ2v) is 6.89. The lowest BCUT2D eigenvalue weighted by Crippen LogP contribution is -2.31. The number of hydrogen-bond donors (Lipinski definition) is 1. The Morgan fingerprint density at radius 1 is 1.10 bits per heavy atom. The lowest BCUT2D eigenvalue weighted by atomic mass is 10.1. The third-order valence-corrected chi connectivity index (χ3v) is 4.50. The molecule has 0 saturated heterocycles. The van der Waals surface area contributed by atoms with Crippen LogP contribution in [0.25, 0.3) is 5.69 Å². The minimum absolute atomic E-state index is 0.0913. The van der Waals surface area contributed by atoms with Crippen LogP contribution in [0.5, 0.6) is 0 Å². The third-order valence-electron chi connectivity index (χ3n) is 4.50. The summed E-state index contributed by atoms with van der Waals surface area (Å²) in [5.74, 6) is -0.720. The summed E-state index contributed by atoms with van der Waals surface area (Å²) in [6.45, 7) is 2.09. The van der Waals surface area contributed by atoms with Crippen molar-refractivity contribution in [3.05, 3.63) is 92.9 Å². The Labute approximate surface area is 176 Å². The van der Waals surface area contributed by atoms with Crippen LogP contribution in [0.15, 0.2) is 59.4 Å². The van der Waals surface area contributed by atoms with Gasteiger partial charge in [0.2, 0.25) is 5.43 Å². The molecule has 0 atom stereocenters. The number of halogens is 3. The van der Waals surface area contributed by atoms with Gasteiger partial charge in [0, 0.05) is 25.4 Å². The number of aromatic nitrogens is 2. The van der Waals surface area contributed by atoms with Crippen LogP contribution in [-0.4, -0.2) is 22.8 Å². The van der Waals surface area contributed by atoms with Gasteiger partial charge in [0.15, 0.2) is 5.69 Å². The number of nitrogens with zero attached hydrogens (tertiary/aromatic N) is 2. The molecule has 0 aliphatic rings. The maximum Gasteiger partial charge on any atom is 0.416 e. The quantitative estimate of drug-likeness (QED) is 0.647. The molecular weight excluding hydrogens is 411 g/mol. The largest absolute Gasteiger partial charge is 0.416 e. The van der Waals surface area contributed by atoms with Gasteiger partial charge in [0.25, 0.3) is 5.91 Å². The number of hydrogen-bond acceptors (Lipinski definition) is 4. The molecule has 2 aromatic carbocycles. The van der Waals surface area contributed by atoms with Crippen LogP contribution >= 0.6 is 0 Å². The van der Waals surface area contributed by atoms with Gasteiger partial charge in [0.05, 0.1) is 17.9 Å². The Balaban J connectivity index is 1.86. The fourth-order valence-electron chi connectivity index (χ4n) is 3.04. The first-order chi connectivity index (χ1) is 14.7. The molecule has 0 aliphatic carbocycles. The average Bonchev–Trinajstić information content (AvgIpc) is 2.72. The highest BCUT2D eigenvalue weighted by Gasteiger charge is 2.30. The Morgan fingerprint density at radius 3 is 2.52 bits per heavy atom. The van der Waals surface area contributed by atoms with Crippen molar-refractivity contribution in [1.82, 2.24) is 15.1 Å². The van der Waals surface area contributed by atoms with Gasteiger partial charge in [0.1, 0.15) is 0 Å². The summed E-state index contributed by atoms with van der Waals surface area (Å²) in [4.78, 5) is 24.9. The van der Waals surface area contributed by atoms with Gasteiger partial charge in [-0.2, -0.15) is 18.3 Å². The van der Waals surface area contributed by atoms with E-state index < -0.39 is 28.8 Å². The monoisotopic (exact) mass is 431 g/mol. The number of nitrogens with one attached hydrogen (secondary N) is 1. The zero-order valence-corrected chi connectivity index (χ0v) is 16.9. The molecule has 3 rings (SSSR count). The molecule has 1 amide bonds. The smallest absolute Gasteiger partial charge is 0.380 e. The van der Waals surface area contributed by atoms with Crippen molar-refractivity contribution >= 4 is 5.91 Å². The predicted molar refractivity (Wildman–Crippen MR) is 108 cm³/mol. The van der Waals surface area contributed by atoms with Crippen molar-refractivity contribution in [1.29, 1.82) is 0 Å². The maximum atomic E-state index is 13.0. The fourth-order valence-corrected chi connectivity index (χ4v) is 3.04. The number of carbonyl (C=O) groups is 1. The van der Waals surface area contributed by atoms with Crippen molar-refractivity contribution in [3.8, 4) is 5.69 Å². The number of benzene rings is 2. The molecule has 3 aromatic rings. The van der Waals surface area contributed by atoms with Crippen LogP contribution in [0, 0.1) is 6.92 Å². The normalized spacial score (nSPS) is 11.4. The number of ether oxygens (including phenoxy) is 1. The number of aryl methyl sites for hydroxylation is 1. The number of methoxy groups -OCH3 is 1. The lowest BCUT2D eigenvalue weighted by Gasteiger charge is -2.13. The summed E-state index contributed by atoms with van der Waals surface area (Å²) in [5.41, 5.74) is 0.235. The van der Waals surface area contributed by atoms with Crippen molar-refractivity contribution in [2.75, 3.05) is 7.11 Å². The summed E-state index contributed by atoms with van der Waals surface area (Å²) < 4.78 is 45.3. The molecule has 9 heteroatoms. The second kappa shape index (κ2) is 9.13. The van der Waals surface area contributed by atoms with E-state index in [4.69, 9.17) is 4.74 Å². The zero-order chi connectivity index (χ0) is 22.6. The Bertz CT molecular complexity index is 1160. The van der Waals surface area contributed by atoms with E-state index in [-0.39, 0.29) is 12.2 Å². The van der Waals surface area contributed by atoms with E-state index in [0.717, 1.165) is 27.9 Å². The first-order valence-electron chi connectivity index (χ1n) is 9.32. The van der Waals surface area contributed by atoms with Gasteiger partial charge in [-0.1, -0.05) is 30.3 Å². The molecule has 0 saturated carbocycles. The summed E-state index contributed by atoms with van der Waals surface area (Å²) in [5, 5.41) is 6.65. The SMILES string of the molecule is COCc1cccc(CNC(=O)c2nn(-c3cccc(C(F)(F)F)c3)c(C)cc2=O)c1. The van der Waals surface area contributed by atoms with Crippen molar-refractivity contribution in [2.24, 2.45) is 0 Å². The lowest BCUT2D eigenvalue weighted by molar-refractivity contribution is -0.137. The predicted octanol–water partition coefficient (Wildman–Crippen LogP) is 3.64. The van der Waals surface area contributed by atoms with Gasteiger partial charge in [-0.3, -0.25) is 9.59 Å². The van der Waals surface area contributed by atoms with E-state index in [1.165, 1.54) is 25.1 Å². The molecule has 6 nitrogen and oxygen atoms in total. The van der Waals surface area contributed by atoms with Gasteiger partial charge >= 0.3 is 6.18 Å². The molecule has 162 valence electrons. The standard InChI is InChI=1S/C22H20F3N3O3/c1-14-9-19(29)20(21(30)26-12-15-5-3-6-16(10-15)13-31-2)27-28(14)18-8-4-7-17(11-18)22(23,24)25/h3-11H,12-13H2,1-2H3,(H,26,30). The highest BCUT2D eigenvalue weighted by Crippen LogP contribution is 2.30. The summed E-state index contributed by atoms with van der Waals surface area (Å²) in [6.07, 6.45) is -4.53. The molecular formula is C22H20F3N3O3. The molecule has 0 radical (unpaired) electrons. The third kappa shape index (κ3) is 5.37. The Kier molecular flexibility index (Phi) is 6.55. The van der Waals surface area contributed by atoms with Crippen LogP contribution in [0.1, 0.15) is 32.9 Å². The van der Waals surface area contributed by atoms with Gasteiger partial charge in [-0.05, 0) is 36.2 Å². The molecule has 0 bridgehead atoms. The van der Waals surface area contributed by atoms with Gasteiger partial charge < -0.3 is 10.1 Å². The Morgan fingerprint density at radius 2 is 1.81 bits per heavy atom. The van der Waals surface area contributed by atoms with Gasteiger partial charge in [-0.25, -0.2) is 4.68 Å². The minimum atomic E-state index is -4.53. The van der Waals surface area contributed by atoms with Crippen molar-refractivity contribution in [2.45, 2.75) is 26.3 Å². The first kappa shape index (κ1) is 22.2. The van der Waals surface area contributed by atoms with Crippen LogP contribution in [0.4, 0.5) is 13.2 Å². The molecule has 0 fully saturated rings. The molecule has 0 aliphatic heterocycles. The van der Waals surface area contributed by atoms with Crippen molar-refractivity contribution < 1.29 is 22.7 Å². The van der Waals surface area contributed by atoms with E-state index in [1.807, 2.05) is 24.3 Å². The number of amides is 1.